The molecule has 0 saturated heterocycles. The quantitative estimate of drug-likeness (QED) is 0.769. The maximum absolute atomic E-state index is 12.3. The molecule has 23 heavy (non-hydrogen) atoms. The normalized spacial score (nSPS) is 10.5. The Hall–Kier alpha value is -3.08. The average Bonchev–Trinajstić information content (AvgIpc) is 3.02. The van der Waals surface area contributed by atoms with Crippen molar-refractivity contribution in [2.45, 2.75) is 13.8 Å². The van der Waals surface area contributed by atoms with Crippen LogP contribution in [-0.2, 0) is 0 Å². The number of carbonyl (C=O) groups excluding carboxylic acids is 1. The number of aromatic nitrogens is 1. The van der Waals surface area contributed by atoms with E-state index >= 15 is 0 Å². The molecule has 1 amide bonds. The molecule has 0 fully saturated rings. The van der Waals surface area contributed by atoms with Crippen LogP contribution in [0.4, 0.5) is 5.69 Å². The zero-order valence-corrected chi connectivity index (χ0v) is 12.8. The van der Waals surface area contributed by atoms with Crippen LogP contribution in [0.5, 0.6) is 5.75 Å². The van der Waals surface area contributed by atoms with Gasteiger partial charge < -0.3 is 14.9 Å². The van der Waals surface area contributed by atoms with Crippen molar-refractivity contribution in [3.63, 3.8) is 0 Å². The first kappa shape index (κ1) is 14.8. The molecule has 0 atom stereocenters. The lowest BCUT2D eigenvalue weighted by atomic mass is 10.1. The lowest BCUT2D eigenvalue weighted by molar-refractivity contribution is 0.101. The van der Waals surface area contributed by atoms with E-state index in [1.807, 2.05) is 32.0 Å². The number of rotatable bonds is 3. The number of nitrogens with one attached hydrogen (secondary N) is 1. The summed E-state index contributed by atoms with van der Waals surface area (Å²) >= 11 is 0. The smallest absolute Gasteiger partial charge is 0.277 e. The molecule has 5 nitrogen and oxygen atoms in total. The zero-order valence-electron chi connectivity index (χ0n) is 12.8. The van der Waals surface area contributed by atoms with Crippen molar-refractivity contribution in [1.82, 2.24) is 5.16 Å². The Kier molecular flexibility index (Phi) is 3.85. The molecule has 0 unspecified atom stereocenters. The first-order valence-corrected chi connectivity index (χ1v) is 7.17. The van der Waals surface area contributed by atoms with Crippen molar-refractivity contribution >= 4 is 11.6 Å². The maximum Gasteiger partial charge on any atom is 0.277 e. The molecule has 0 saturated carbocycles. The first-order chi connectivity index (χ1) is 11.0. The standard InChI is InChI=1S/C18H16N2O3/c1-11-3-4-12(2)15(9-11)19-18(22)16-10-17(23-20-16)13-5-7-14(21)8-6-13/h3-10,21H,1-2H3,(H,19,22). The van der Waals surface area contributed by atoms with Crippen molar-refractivity contribution < 1.29 is 14.4 Å². The fraction of sp³-hybridized carbons (Fsp3) is 0.111. The summed E-state index contributed by atoms with van der Waals surface area (Å²) in [6.07, 6.45) is 0. The summed E-state index contributed by atoms with van der Waals surface area (Å²) in [6.45, 7) is 3.90. The fourth-order valence-electron chi connectivity index (χ4n) is 2.20. The van der Waals surface area contributed by atoms with Gasteiger partial charge in [-0.3, -0.25) is 4.79 Å². The molecule has 3 rings (SSSR count). The van der Waals surface area contributed by atoms with Gasteiger partial charge in [-0.25, -0.2) is 0 Å². The van der Waals surface area contributed by atoms with Gasteiger partial charge in [0.05, 0.1) is 0 Å². The van der Waals surface area contributed by atoms with Gasteiger partial charge >= 0.3 is 0 Å². The number of amides is 1. The van der Waals surface area contributed by atoms with Gasteiger partial charge in [-0.15, -0.1) is 0 Å². The van der Waals surface area contributed by atoms with E-state index in [9.17, 15) is 9.90 Å². The molecule has 2 N–H and O–H groups in total. The van der Waals surface area contributed by atoms with Crippen LogP contribution in [0.1, 0.15) is 21.6 Å². The van der Waals surface area contributed by atoms with Crippen LogP contribution in [0.3, 0.4) is 0 Å². The number of hydrogen-bond donors (Lipinski definition) is 2. The number of phenolic OH excluding ortho intramolecular Hbond substituents is 1. The van der Waals surface area contributed by atoms with Crippen LogP contribution in [0.15, 0.2) is 53.1 Å². The lowest BCUT2D eigenvalue weighted by Crippen LogP contribution is -2.13. The van der Waals surface area contributed by atoms with Gasteiger partial charge in [0.2, 0.25) is 0 Å². The Balaban J connectivity index is 1.81. The number of hydrogen-bond acceptors (Lipinski definition) is 4. The van der Waals surface area contributed by atoms with Gasteiger partial charge in [-0.2, -0.15) is 0 Å². The molecule has 0 radical (unpaired) electrons. The van der Waals surface area contributed by atoms with Crippen molar-refractivity contribution in [3.8, 4) is 17.1 Å². The molecule has 2 aromatic carbocycles. The van der Waals surface area contributed by atoms with Gasteiger partial charge in [0.25, 0.3) is 5.91 Å². The van der Waals surface area contributed by atoms with E-state index in [0.717, 1.165) is 22.4 Å². The van der Waals surface area contributed by atoms with Crippen LogP contribution in [0.2, 0.25) is 0 Å². The van der Waals surface area contributed by atoms with Crippen LogP contribution < -0.4 is 5.32 Å². The molecular weight excluding hydrogens is 292 g/mol. The minimum absolute atomic E-state index is 0.168. The molecular formula is C18H16N2O3. The highest BCUT2D eigenvalue weighted by atomic mass is 16.5. The average molecular weight is 308 g/mol. The molecule has 0 bridgehead atoms. The Morgan fingerprint density at radius 3 is 2.57 bits per heavy atom. The number of phenols is 1. The fourth-order valence-corrected chi connectivity index (χ4v) is 2.20. The molecule has 0 aliphatic carbocycles. The van der Waals surface area contributed by atoms with E-state index in [2.05, 4.69) is 10.5 Å². The summed E-state index contributed by atoms with van der Waals surface area (Å²) in [4.78, 5) is 12.3. The third-order valence-electron chi connectivity index (χ3n) is 3.54. The van der Waals surface area contributed by atoms with E-state index in [0.29, 0.717) is 5.76 Å². The Morgan fingerprint density at radius 2 is 1.83 bits per heavy atom. The molecule has 1 aromatic heterocycles. The highest BCUT2D eigenvalue weighted by Crippen LogP contribution is 2.23. The molecule has 3 aromatic rings. The number of anilines is 1. The summed E-state index contributed by atoms with van der Waals surface area (Å²) in [5.41, 5.74) is 3.74. The van der Waals surface area contributed by atoms with Gasteiger partial charge in [-0.05, 0) is 55.3 Å². The van der Waals surface area contributed by atoms with Crippen molar-refractivity contribution in [2.24, 2.45) is 0 Å². The minimum Gasteiger partial charge on any atom is -0.508 e. The van der Waals surface area contributed by atoms with Crippen LogP contribution in [0, 0.1) is 13.8 Å². The van der Waals surface area contributed by atoms with E-state index in [-0.39, 0.29) is 17.4 Å². The van der Waals surface area contributed by atoms with E-state index in [4.69, 9.17) is 4.52 Å². The Morgan fingerprint density at radius 1 is 1.09 bits per heavy atom. The monoisotopic (exact) mass is 308 g/mol. The number of benzene rings is 2. The van der Waals surface area contributed by atoms with Crippen LogP contribution in [-0.4, -0.2) is 16.2 Å². The highest BCUT2D eigenvalue weighted by Gasteiger charge is 2.14. The molecule has 0 aliphatic rings. The first-order valence-electron chi connectivity index (χ1n) is 7.17. The second-order valence-electron chi connectivity index (χ2n) is 5.40. The van der Waals surface area contributed by atoms with Crippen molar-refractivity contribution in [3.05, 3.63) is 65.4 Å². The van der Waals surface area contributed by atoms with Crippen molar-refractivity contribution in [1.29, 1.82) is 0 Å². The second-order valence-corrected chi connectivity index (χ2v) is 5.40. The van der Waals surface area contributed by atoms with Gasteiger partial charge in [0, 0.05) is 17.3 Å². The van der Waals surface area contributed by atoms with E-state index in [1.165, 1.54) is 0 Å². The predicted octanol–water partition coefficient (Wildman–Crippen LogP) is 3.92. The summed E-state index contributed by atoms with van der Waals surface area (Å²) in [6, 6.07) is 13.9. The van der Waals surface area contributed by atoms with Gasteiger partial charge in [0.1, 0.15) is 5.75 Å². The molecule has 0 spiro atoms. The Bertz CT molecular complexity index is 851. The third kappa shape index (κ3) is 3.23. The number of carbonyl (C=O) groups is 1. The van der Waals surface area contributed by atoms with Crippen LogP contribution in [0.25, 0.3) is 11.3 Å². The summed E-state index contributed by atoms with van der Waals surface area (Å²) in [5, 5.41) is 16.0. The second kappa shape index (κ2) is 5.96. The summed E-state index contributed by atoms with van der Waals surface area (Å²) < 4.78 is 5.21. The topological polar surface area (TPSA) is 75.4 Å². The summed E-state index contributed by atoms with van der Waals surface area (Å²) in [7, 11) is 0. The molecule has 1 heterocycles. The zero-order chi connectivity index (χ0) is 16.4. The minimum atomic E-state index is -0.326. The molecule has 0 aliphatic heterocycles. The predicted molar refractivity (Wildman–Crippen MR) is 87.5 cm³/mol. The van der Waals surface area contributed by atoms with Gasteiger partial charge in [-0.1, -0.05) is 17.3 Å². The molecule has 116 valence electrons. The van der Waals surface area contributed by atoms with E-state index < -0.39 is 0 Å². The van der Waals surface area contributed by atoms with Crippen molar-refractivity contribution in [2.75, 3.05) is 5.32 Å². The number of aromatic hydroxyl groups is 1. The van der Waals surface area contributed by atoms with E-state index in [1.54, 1.807) is 30.3 Å². The molecule has 5 heteroatoms. The van der Waals surface area contributed by atoms with Crippen LogP contribution >= 0.6 is 0 Å². The van der Waals surface area contributed by atoms with Gasteiger partial charge in [0.15, 0.2) is 11.5 Å². The summed E-state index contributed by atoms with van der Waals surface area (Å²) in [5.74, 6) is 0.310. The highest BCUT2D eigenvalue weighted by molar-refractivity contribution is 6.03. The Labute approximate surface area is 133 Å². The number of nitrogens with zero attached hydrogens (tertiary/aromatic N) is 1. The maximum atomic E-state index is 12.3. The third-order valence-corrected chi connectivity index (χ3v) is 3.54. The lowest BCUT2D eigenvalue weighted by Gasteiger charge is -2.07. The SMILES string of the molecule is Cc1ccc(C)c(NC(=O)c2cc(-c3ccc(O)cc3)on2)c1. The largest absolute Gasteiger partial charge is 0.508 e. The number of aryl methyl sites for hydroxylation is 2.